The SMILES string of the molecule is CC1(c2nc(-c3ccccc3)nc(-n3c4ccccc4c4cc(-c5ccccc5)ccc43)n2)C[C@@H]2CC[C@H](C2)C1. The third-order valence-electron chi connectivity index (χ3n) is 9.30. The number of fused-ring (bicyclic) bond motifs is 5. The van der Waals surface area contributed by atoms with Crippen LogP contribution in [0.1, 0.15) is 44.9 Å². The summed E-state index contributed by atoms with van der Waals surface area (Å²) in [6.45, 7) is 2.39. The molecule has 0 saturated heterocycles. The molecule has 2 aromatic heterocycles. The molecule has 0 amide bonds. The van der Waals surface area contributed by atoms with E-state index in [1.165, 1.54) is 41.2 Å². The molecule has 6 aromatic rings. The molecule has 8 rings (SSSR count). The van der Waals surface area contributed by atoms with Crippen LogP contribution in [0.3, 0.4) is 0 Å². The highest BCUT2D eigenvalue weighted by Crippen LogP contribution is 2.51. The first-order chi connectivity index (χ1) is 19.6. The molecule has 0 unspecified atom stereocenters. The van der Waals surface area contributed by atoms with Gasteiger partial charge in [-0.05, 0) is 60.4 Å². The highest BCUT2D eigenvalue weighted by Gasteiger charge is 2.44. The lowest BCUT2D eigenvalue weighted by atomic mass is 9.70. The molecule has 4 aromatic carbocycles. The van der Waals surface area contributed by atoms with Gasteiger partial charge in [0, 0.05) is 21.8 Å². The Balaban J connectivity index is 1.37. The van der Waals surface area contributed by atoms with Gasteiger partial charge < -0.3 is 0 Å². The van der Waals surface area contributed by atoms with Crippen molar-refractivity contribution in [3.05, 3.63) is 109 Å². The van der Waals surface area contributed by atoms with Crippen molar-refractivity contribution in [1.29, 1.82) is 0 Å². The Labute approximate surface area is 234 Å². The predicted octanol–water partition coefficient (Wildman–Crippen LogP) is 8.77. The lowest BCUT2D eigenvalue weighted by Crippen LogP contribution is -2.33. The van der Waals surface area contributed by atoms with E-state index in [2.05, 4.69) is 109 Å². The number of hydrogen-bond donors (Lipinski definition) is 0. The van der Waals surface area contributed by atoms with Crippen LogP contribution in [0.25, 0.3) is 50.3 Å². The molecule has 2 bridgehead atoms. The summed E-state index contributed by atoms with van der Waals surface area (Å²) >= 11 is 0. The Morgan fingerprint density at radius 2 is 1.27 bits per heavy atom. The van der Waals surface area contributed by atoms with Gasteiger partial charge in [-0.25, -0.2) is 4.98 Å². The second-order valence-electron chi connectivity index (χ2n) is 12.1. The Morgan fingerprint density at radius 3 is 2.02 bits per heavy atom. The first kappa shape index (κ1) is 23.6. The molecule has 2 heterocycles. The third kappa shape index (κ3) is 3.85. The summed E-state index contributed by atoms with van der Waals surface area (Å²) in [4.78, 5) is 15.6. The molecule has 2 aliphatic carbocycles. The predicted molar refractivity (Wildman–Crippen MR) is 162 cm³/mol. The van der Waals surface area contributed by atoms with E-state index in [1.807, 2.05) is 6.07 Å². The minimum absolute atomic E-state index is 0.0372. The van der Waals surface area contributed by atoms with E-state index in [-0.39, 0.29) is 5.41 Å². The van der Waals surface area contributed by atoms with Gasteiger partial charge in [-0.1, -0.05) is 105 Å². The summed E-state index contributed by atoms with van der Waals surface area (Å²) in [5.41, 5.74) is 5.66. The molecule has 2 aliphatic rings. The highest BCUT2D eigenvalue weighted by molar-refractivity contribution is 6.10. The first-order valence-electron chi connectivity index (χ1n) is 14.6. The first-order valence-corrected chi connectivity index (χ1v) is 14.6. The Hall–Kier alpha value is -4.31. The third-order valence-corrected chi connectivity index (χ3v) is 9.30. The molecule has 4 nitrogen and oxygen atoms in total. The van der Waals surface area contributed by atoms with Crippen molar-refractivity contribution in [2.24, 2.45) is 11.8 Å². The zero-order chi connectivity index (χ0) is 26.7. The molecular formula is C36H32N4. The van der Waals surface area contributed by atoms with Crippen molar-refractivity contribution in [2.45, 2.75) is 44.4 Å². The molecule has 0 aliphatic heterocycles. The van der Waals surface area contributed by atoms with Gasteiger partial charge in [-0.2, -0.15) is 9.97 Å². The van der Waals surface area contributed by atoms with Crippen LogP contribution in [0.5, 0.6) is 0 Å². The molecule has 0 N–H and O–H groups in total. The summed E-state index contributed by atoms with van der Waals surface area (Å²) in [5.74, 6) is 3.98. The van der Waals surface area contributed by atoms with Gasteiger partial charge in [0.15, 0.2) is 5.82 Å². The Morgan fingerprint density at radius 1 is 0.625 bits per heavy atom. The van der Waals surface area contributed by atoms with Crippen LogP contribution in [-0.2, 0) is 5.41 Å². The van der Waals surface area contributed by atoms with Crippen LogP contribution >= 0.6 is 0 Å². The topological polar surface area (TPSA) is 43.6 Å². The number of aromatic nitrogens is 4. The van der Waals surface area contributed by atoms with Crippen LogP contribution in [0.15, 0.2) is 103 Å². The van der Waals surface area contributed by atoms with Crippen molar-refractivity contribution in [1.82, 2.24) is 19.5 Å². The maximum Gasteiger partial charge on any atom is 0.238 e. The lowest BCUT2D eigenvalue weighted by molar-refractivity contribution is 0.221. The van der Waals surface area contributed by atoms with Crippen LogP contribution in [-0.4, -0.2) is 19.5 Å². The largest absolute Gasteiger partial charge is 0.278 e. The molecule has 40 heavy (non-hydrogen) atoms. The smallest absolute Gasteiger partial charge is 0.238 e. The minimum Gasteiger partial charge on any atom is -0.278 e. The van der Waals surface area contributed by atoms with Gasteiger partial charge in [-0.3, -0.25) is 4.57 Å². The Kier molecular flexibility index (Phi) is 5.38. The maximum absolute atomic E-state index is 5.32. The molecule has 0 spiro atoms. The number of para-hydroxylation sites is 1. The molecule has 196 valence electrons. The summed E-state index contributed by atoms with van der Waals surface area (Å²) in [5, 5.41) is 2.42. The van der Waals surface area contributed by atoms with E-state index in [0.29, 0.717) is 5.95 Å². The molecule has 2 fully saturated rings. The van der Waals surface area contributed by atoms with E-state index >= 15 is 0 Å². The van der Waals surface area contributed by atoms with Crippen LogP contribution < -0.4 is 0 Å². The zero-order valence-corrected chi connectivity index (χ0v) is 22.8. The van der Waals surface area contributed by atoms with E-state index in [4.69, 9.17) is 15.0 Å². The number of nitrogens with zero attached hydrogens (tertiary/aromatic N) is 4. The molecule has 4 heteroatoms. The van der Waals surface area contributed by atoms with E-state index < -0.39 is 0 Å². The van der Waals surface area contributed by atoms with E-state index in [1.54, 1.807) is 0 Å². The second kappa shape index (κ2) is 9.12. The Bertz CT molecular complexity index is 1840. The number of hydrogen-bond acceptors (Lipinski definition) is 3. The fraction of sp³-hybridized carbons (Fsp3) is 0.250. The fourth-order valence-corrected chi connectivity index (χ4v) is 7.54. The zero-order valence-electron chi connectivity index (χ0n) is 22.8. The summed E-state index contributed by atoms with van der Waals surface area (Å²) in [6, 6.07) is 36.4. The quantitative estimate of drug-likeness (QED) is 0.233. The van der Waals surface area contributed by atoms with Gasteiger partial charge in [0.2, 0.25) is 5.95 Å². The monoisotopic (exact) mass is 520 g/mol. The van der Waals surface area contributed by atoms with Crippen LogP contribution in [0, 0.1) is 11.8 Å². The van der Waals surface area contributed by atoms with Crippen LogP contribution in [0.2, 0.25) is 0 Å². The molecule has 2 atom stereocenters. The second-order valence-corrected chi connectivity index (χ2v) is 12.1. The molecule has 2 saturated carbocycles. The van der Waals surface area contributed by atoms with Gasteiger partial charge in [-0.15, -0.1) is 0 Å². The highest BCUT2D eigenvalue weighted by atomic mass is 15.2. The van der Waals surface area contributed by atoms with Crippen molar-refractivity contribution in [2.75, 3.05) is 0 Å². The fourth-order valence-electron chi connectivity index (χ4n) is 7.54. The van der Waals surface area contributed by atoms with Crippen LogP contribution in [0.4, 0.5) is 0 Å². The maximum atomic E-state index is 5.32. The summed E-state index contributed by atoms with van der Waals surface area (Å²) in [7, 11) is 0. The summed E-state index contributed by atoms with van der Waals surface area (Å²) < 4.78 is 2.25. The molecular weight excluding hydrogens is 488 g/mol. The normalized spacial score (nSPS) is 22.2. The van der Waals surface area contributed by atoms with Gasteiger partial charge in [0.25, 0.3) is 0 Å². The van der Waals surface area contributed by atoms with Crippen molar-refractivity contribution < 1.29 is 0 Å². The lowest BCUT2D eigenvalue weighted by Gasteiger charge is -2.36. The van der Waals surface area contributed by atoms with Crippen molar-refractivity contribution in [3.63, 3.8) is 0 Å². The van der Waals surface area contributed by atoms with Crippen molar-refractivity contribution in [3.8, 4) is 28.5 Å². The van der Waals surface area contributed by atoms with Gasteiger partial charge >= 0.3 is 0 Å². The average molecular weight is 521 g/mol. The molecule has 0 radical (unpaired) electrons. The standard InChI is InChI=1S/C36H32N4/c1-36(22-24-16-17-25(20-24)23-36)34-37-33(27-12-6-3-7-13-27)38-35(39-34)40-31-15-9-8-14-29(31)30-21-28(18-19-32(30)40)26-10-4-2-5-11-26/h2-15,18-19,21,24-25H,16-17,20,22-23H2,1H3/t24-,25-/m1/s1. The number of rotatable bonds is 4. The minimum atomic E-state index is -0.0372. The van der Waals surface area contributed by atoms with Gasteiger partial charge in [0.05, 0.1) is 11.0 Å². The number of benzene rings is 4. The summed E-state index contributed by atoms with van der Waals surface area (Å²) in [6.07, 6.45) is 6.39. The van der Waals surface area contributed by atoms with Gasteiger partial charge in [0.1, 0.15) is 5.82 Å². The van der Waals surface area contributed by atoms with Crippen molar-refractivity contribution >= 4 is 21.8 Å². The van der Waals surface area contributed by atoms with E-state index in [0.717, 1.165) is 52.9 Å². The average Bonchev–Trinajstić information content (AvgIpc) is 3.53. The van der Waals surface area contributed by atoms with E-state index in [9.17, 15) is 0 Å².